The van der Waals surface area contributed by atoms with Crippen LogP contribution in [-0.2, 0) is 13.0 Å². The molecule has 0 saturated carbocycles. The summed E-state index contributed by atoms with van der Waals surface area (Å²) in [7, 11) is 0. The fraction of sp³-hybridized carbons (Fsp3) is 0.632. The van der Waals surface area contributed by atoms with Crippen LogP contribution in [0.3, 0.4) is 0 Å². The Bertz CT molecular complexity index is 683. The van der Waals surface area contributed by atoms with Crippen molar-refractivity contribution in [2.45, 2.75) is 66.3 Å². The second-order valence-electron chi connectivity index (χ2n) is 6.35. The standard InChI is InChI=1S/C19H31N5OS/c1-6-15(7-2)17-11-16(25-24-17)12-22-19(20-8-3)21-10-9-18-23-13(4)14(5)26-18/h11,15H,6-10,12H2,1-5H3,(H2,20,21,22). The molecule has 7 heteroatoms. The maximum Gasteiger partial charge on any atom is 0.191 e. The molecule has 26 heavy (non-hydrogen) atoms. The summed E-state index contributed by atoms with van der Waals surface area (Å²) in [6, 6.07) is 2.03. The summed E-state index contributed by atoms with van der Waals surface area (Å²) in [6.07, 6.45) is 3.04. The van der Waals surface area contributed by atoms with Gasteiger partial charge in [-0.2, -0.15) is 0 Å². The molecular weight excluding hydrogens is 346 g/mol. The Hall–Kier alpha value is -1.89. The minimum atomic E-state index is 0.466. The number of aryl methyl sites for hydroxylation is 2. The number of guanidine groups is 1. The summed E-state index contributed by atoms with van der Waals surface area (Å²) in [5.41, 5.74) is 2.16. The predicted octanol–water partition coefficient (Wildman–Crippen LogP) is 3.95. The molecule has 0 aliphatic heterocycles. The fourth-order valence-corrected chi connectivity index (χ4v) is 3.67. The van der Waals surface area contributed by atoms with Crippen LogP contribution in [0.15, 0.2) is 15.6 Å². The molecule has 2 aromatic rings. The highest BCUT2D eigenvalue weighted by Crippen LogP contribution is 2.22. The molecule has 0 fully saturated rings. The highest BCUT2D eigenvalue weighted by molar-refractivity contribution is 7.11. The molecule has 0 radical (unpaired) electrons. The predicted molar refractivity (Wildman–Crippen MR) is 108 cm³/mol. The van der Waals surface area contributed by atoms with E-state index in [0.717, 1.165) is 60.5 Å². The fourth-order valence-electron chi connectivity index (χ4n) is 2.74. The molecule has 2 aromatic heterocycles. The lowest BCUT2D eigenvalue weighted by Crippen LogP contribution is -2.38. The van der Waals surface area contributed by atoms with Crippen molar-refractivity contribution < 1.29 is 4.52 Å². The van der Waals surface area contributed by atoms with E-state index in [2.05, 4.69) is 60.4 Å². The van der Waals surface area contributed by atoms with E-state index >= 15 is 0 Å². The van der Waals surface area contributed by atoms with Gasteiger partial charge in [0, 0.05) is 36.4 Å². The Balaban J connectivity index is 1.89. The van der Waals surface area contributed by atoms with Crippen LogP contribution in [-0.4, -0.2) is 29.2 Å². The van der Waals surface area contributed by atoms with Gasteiger partial charge in [-0.25, -0.2) is 9.98 Å². The van der Waals surface area contributed by atoms with Crippen molar-refractivity contribution in [3.05, 3.63) is 33.1 Å². The zero-order valence-corrected chi connectivity index (χ0v) is 17.4. The third-order valence-corrected chi connectivity index (χ3v) is 5.56. The van der Waals surface area contributed by atoms with Gasteiger partial charge in [-0.05, 0) is 33.6 Å². The van der Waals surface area contributed by atoms with Crippen molar-refractivity contribution in [3.63, 3.8) is 0 Å². The molecule has 2 rings (SSSR count). The van der Waals surface area contributed by atoms with Crippen molar-refractivity contribution >= 4 is 17.3 Å². The largest absolute Gasteiger partial charge is 0.359 e. The van der Waals surface area contributed by atoms with Crippen molar-refractivity contribution in [2.75, 3.05) is 13.1 Å². The third-order valence-electron chi connectivity index (χ3n) is 4.42. The lowest BCUT2D eigenvalue weighted by atomic mass is 9.99. The quantitative estimate of drug-likeness (QED) is 0.511. The second kappa shape index (κ2) is 10.3. The van der Waals surface area contributed by atoms with E-state index in [1.54, 1.807) is 11.3 Å². The molecule has 0 aliphatic carbocycles. The molecule has 144 valence electrons. The van der Waals surface area contributed by atoms with Crippen LogP contribution in [0.1, 0.15) is 66.6 Å². The van der Waals surface area contributed by atoms with Crippen LogP contribution in [0.2, 0.25) is 0 Å². The van der Waals surface area contributed by atoms with Gasteiger partial charge in [-0.15, -0.1) is 11.3 Å². The second-order valence-corrected chi connectivity index (χ2v) is 7.64. The van der Waals surface area contributed by atoms with E-state index in [0.29, 0.717) is 12.5 Å². The van der Waals surface area contributed by atoms with Gasteiger partial charge in [0.05, 0.1) is 16.4 Å². The summed E-state index contributed by atoms with van der Waals surface area (Å²) in [4.78, 5) is 10.5. The summed E-state index contributed by atoms with van der Waals surface area (Å²) < 4.78 is 5.45. The van der Waals surface area contributed by atoms with Gasteiger partial charge in [0.1, 0.15) is 6.54 Å². The molecule has 0 atom stereocenters. The summed E-state index contributed by atoms with van der Waals surface area (Å²) in [6.45, 7) is 12.7. The summed E-state index contributed by atoms with van der Waals surface area (Å²) in [5.74, 6) is 2.06. The van der Waals surface area contributed by atoms with E-state index in [1.807, 2.05) is 6.07 Å². The van der Waals surface area contributed by atoms with E-state index in [1.165, 1.54) is 4.88 Å². The maximum absolute atomic E-state index is 5.45. The average Bonchev–Trinajstić information content (AvgIpc) is 3.21. The first-order valence-corrected chi connectivity index (χ1v) is 10.3. The zero-order valence-electron chi connectivity index (χ0n) is 16.6. The van der Waals surface area contributed by atoms with Gasteiger partial charge in [0.25, 0.3) is 0 Å². The number of rotatable bonds is 9. The first kappa shape index (κ1) is 20.4. The van der Waals surface area contributed by atoms with Gasteiger partial charge >= 0.3 is 0 Å². The van der Waals surface area contributed by atoms with Crippen molar-refractivity contribution in [1.82, 2.24) is 20.8 Å². The van der Waals surface area contributed by atoms with Crippen LogP contribution in [0.25, 0.3) is 0 Å². The summed E-state index contributed by atoms with van der Waals surface area (Å²) in [5, 5.41) is 12.0. The normalized spacial score (nSPS) is 12.0. The molecule has 0 unspecified atom stereocenters. The molecule has 0 saturated heterocycles. The van der Waals surface area contributed by atoms with Gasteiger partial charge in [0.15, 0.2) is 11.7 Å². The third kappa shape index (κ3) is 5.83. The molecule has 0 aliphatic rings. The van der Waals surface area contributed by atoms with E-state index in [4.69, 9.17) is 4.52 Å². The van der Waals surface area contributed by atoms with Crippen molar-refractivity contribution in [1.29, 1.82) is 0 Å². The smallest absolute Gasteiger partial charge is 0.191 e. The Morgan fingerprint density at radius 1 is 1.23 bits per heavy atom. The van der Waals surface area contributed by atoms with Crippen LogP contribution in [0.4, 0.5) is 0 Å². The van der Waals surface area contributed by atoms with Crippen LogP contribution < -0.4 is 10.6 Å². The Morgan fingerprint density at radius 3 is 2.62 bits per heavy atom. The Kier molecular flexibility index (Phi) is 8.09. The Morgan fingerprint density at radius 2 is 2.00 bits per heavy atom. The van der Waals surface area contributed by atoms with E-state index < -0.39 is 0 Å². The highest BCUT2D eigenvalue weighted by Gasteiger charge is 2.12. The number of hydrogen-bond acceptors (Lipinski definition) is 5. The number of nitrogens with one attached hydrogen (secondary N) is 2. The molecule has 0 amide bonds. The highest BCUT2D eigenvalue weighted by atomic mass is 32.1. The number of thiazole rings is 1. The molecular formula is C19H31N5OS. The van der Waals surface area contributed by atoms with E-state index in [9.17, 15) is 0 Å². The first-order valence-electron chi connectivity index (χ1n) is 9.47. The van der Waals surface area contributed by atoms with Gasteiger partial charge in [-0.3, -0.25) is 0 Å². The lowest BCUT2D eigenvalue weighted by Gasteiger charge is -2.10. The molecule has 0 spiro atoms. The molecule has 2 N–H and O–H groups in total. The van der Waals surface area contributed by atoms with Crippen molar-refractivity contribution in [3.8, 4) is 0 Å². The minimum absolute atomic E-state index is 0.466. The molecule has 0 bridgehead atoms. The topological polar surface area (TPSA) is 75.3 Å². The van der Waals surface area contributed by atoms with Gasteiger partial charge in [-0.1, -0.05) is 19.0 Å². The van der Waals surface area contributed by atoms with Crippen LogP contribution >= 0.6 is 11.3 Å². The van der Waals surface area contributed by atoms with Crippen LogP contribution in [0.5, 0.6) is 0 Å². The molecule has 6 nitrogen and oxygen atoms in total. The molecule has 2 heterocycles. The Labute approximate surface area is 160 Å². The average molecular weight is 378 g/mol. The molecule has 0 aromatic carbocycles. The first-order chi connectivity index (χ1) is 12.6. The number of aromatic nitrogens is 2. The SMILES string of the molecule is CCNC(=NCc1cc(C(CC)CC)no1)NCCc1nc(C)c(C)s1. The van der Waals surface area contributed by atoms with Crippen LogP contribution in [0, 0.1) is 13.8 Å². The lowest BCUT2D eigenvalue weighted by molar-refractivity contribution is 0.372. The number of hydrogen-bond donors (Lipinski definition) is 2. The van der Waals surface area contributed by atoms with Gasteiger partial charge < -0.3 is 15.2 Å². The summed E-state index contributed by atoms with van der Waals surface area (Å²) >= 11 is 1.76. The number of nitrogens with zero attached hydrogens (tertiary/aromatic N) is 3. The van der Waals surface area contributed by atoms with Gasteiger partial charge in [0.2, 0.25) is 0 Å². The van der Waals surface area contributed by atoms with Crippen molar-refractivity contribution in [2.24, 2.45) is 4.99 Å². The number of aliphatic imine (C=N–C) groups is 1. The maximum atomic E-state index is 5.45. The zero-order chi connectivity index (χ0) is 18.9. The monoisotopic (exact) mass is 377 g/mol. The van der Waals surface area contributed by atoms with E-state index in [-0.39, 0.29) is 0 Å². The minimum Gasteiger partial charge on any atom is -0.359 e.